The van der Waals surface area contributed by atoms with Crippen LogP contribution in [0.2, 0.25) is 0 Å². The van der Waals surface area contributed by atoms with Crippen LogP contribution in [0.4, 0.5) is 0 Å². The van der Waals surface area contributed by atoms with Crippen LogP contribution in [-0.2, 0) is 9.53 Å². The molecule has 2 aromatic heterocycles. The highest BCUT2D eigenvalue weighted by atomic mass is 16.5. The molecular formula is C22H29N3O5. The van der Waals surface area contributed by atoms with E-state index < -0.39 is 11.9 Å². The Bertz CT molecular complexity index is 845. The molecule has 0 unspecified atom stereocenters. The van der Waals surface area contributed by atoms with Crippen molar-refractivity contribution < 1.29 is 24.0 Å². The fourth-order valence-corrected chi connectivity index (χ4v) is 4.06. The number of esters is 1. The Hall–Kier alpha value is -2.77. The van der Waals surface area contributed by atoms with Crippen molar-refractivity contribution in [3.8, 4) is 11.4 Å². The second kappa shape index (κ2) is 10.8. The maximum Gasteiger partial charge on any atom is 0.339 e. The van der Waals surface area contributed by atoms with Crippen molar-refractivity contribution in [2.45, 2.75) is 70.6 Å². The van der Waals surface area contributed by atoms with Crippen molar-refractivity contribution in [1.82, 2.24) is 15.1 Å². The molecule has 0 radical (unpaired) electrons. The number of rotatable bonds is 10. The van der Waals surface area contributed by atoms with Crippen LogP contribution < -0.4 is 0 Å². The topological polar surface area (TPSA) is 115 Å². The average Bonchev–Trinajstić information content (AvgIpc) is 3.24. The van der Waals surface area contributed by atoms with E-state index in [1.807, 2.05) is 0 Å². The molecule has 1 N–H and O–H groups in total. The molecule has 30 heavy (non-hydrogen) atoms. The van der Waals surface area contributed by atoms with E-state index in [0.29, 0.717) is 23.4 Å². The van der Waals surface area contributed by atoms with Gasteiger partial charge in [-0.2, -0.15) is 4.98 Å². The maximum atomic E-state index is 11.9. The van der Waals surface area contributed by atoms with Crippen LogP contribution >= 0.6 is 0 Å². The summed E-state index contributed by atoms with van der Waals surface area (Å²) in [6, 6.07) is 1.59. The Morgan fingerprint density at radius 1 is 1.27 bits per heavy atom. The van der Waals surface area contributed by atoms with E-state index in [2.05, 4.69) is 15.1 Å². The van der Waals surface area contributed by atoms with E-state index in [1.165, 1.54) is 44.5 Å². The number of carbonyl (C=O) groups is 2. The maximum absolute atomic E-state index is 11.9. The number of nitrogens with zero attached hydrogens (tertiary/aromatic N) is 3. The van der Waals surface area contributed by atoms with Gasteiger partial charge in [-0.3, -0.25) is 9.78 Å². The van der Waals surface area contributed by atoms with E-state index >= 15 is 0 Å². The molecular weight excluding hydrogens is 386 g/mol. The van der Waals surface area contributed by atoms with E-state index in [0.717, 1.165) is 18.8 Å². The fourth-order valence-electron chi connectivity index (χ4n) is 4.06. The number of carbonyl (C=O) groups excluding carboxylic acids is 1. The molecule has 1 aliphatic carbocycles. The van der Waals surface area contributed by atoms with Gasteiger partial charge in [0, 0.05) is 23.9 Å². The molecule has 162 valence electrons. The van der Waals surface area contributed by atoms with E-state index in [-0.39, 0.29) is 24.8 Å². The van der Waals surface area contributed by atoms with Gasteiger partial charge in [0.1, 0.15) is 0 Å². The first kappa shape index (κ1) is 21.9. The lowest BCUT2D eigenvalue weighted by Crippen LogP contribution is -2.10. The largest absolute Gasteiger partial charge is 0.481 e. The average molecular weight is 415 g/mol. The first-order valence-corrected chi connectivity index (χ1v) is 10.7. The molecule has 0 aromatic carbocycles. The smallest absolute Gasteiger partial charge is 0.339 e. The van der Waals surface area contributed by atoms with Crippen LogP contribution in [0.25, 0.3) is 11.4 Å². The third kappa shape index (κ3) is 6.11. The van der Waals surface area contributed by atoms with Crippen LogP contribution in [-0.4, -0.2) is 38.8 Å². The van der Waals surface area contributed by atoms with Gasteiger partial charge < -0.3 is 14.4 Å². The molecule has 0 bridgehead atoms. The molecule has 2 aromatic rings. The number of aromatic nitrogens is 3. The van der Waals surface area contributed by atoms with Gasteiger partial charge in [-0.25, -0.2) is 4.79 Å². The van der Waals surface area contributed by atoms with Gasteiger partial charge in [0.25, 0.3) is 0 Å². The lowest BCUT2D eigenvalue weighted by molar-refractivity contribution is -0.137. The number of carboxylic acids is 1. The normalized spacial score (nSPS) is 15.6. The quantitative estimate of drug-likeness (QED) is 0.559. The Morgan fingerprint density at radius 2 is 2.07 bits per heavy atom. The van der Waals surface area contributed by atoms with Crippen molar-refractivity contribution in [1.29, 1.82) is 0 Å². The zero-order valence-electron chi connectivity index (χ0n) is 17.4. The van der Waals surface area contributed by atoms with Crippen molar-refractivity contribution in [2.24, 2.45) is 5.92 Å². The zero-order chi connectivity index (χ0) is 21.3. The minimum atomic E-state index is -0.886. The number of hydrogen-bond acceptors (Lipinski definition) is 7. The minimum Gasteiger partial charge on any atom is -0.481 e. The number of carboxylic acid groups (broad SMARTS) is 1. The molecule has 0 saturated heterocycles. The van der Waals surface area contributed by atoms with E-state index in [4.69, 9.17) is 9.26 Å². The summed E-state index contributed by atoms with van der Waals surface area (Å²) in [4.78, 5) is 31.7. The monoisotopic (exact) mass is 415 g/mol. The summed E-state index contributed by atoms with van der Waals surface area (Å²) >= 11 is 0. The lowest BCUT2D eigenvalue weighted by Gasteiger charge is -2.21. The van der Waals surface area contributed by atoms with Gasteiger partial charge in [-0.1, -0.05) is 50.1 Å². The predicted molar refractivity (Wildman–Crippen MR) is 109 cm³/mol. The van der Waals surface area contributed by atoms with Gasteiger partial charge in [-0.05, 0) is 25.3 Å². The van der Waals surface area contributed by atoms with Crippen molar-refractivity contribution in [2.75, 3.05) is 6.61 Å². The molecule has 0 aliphatic heterocycles. The molecule has 3 rings (SSSR count). The van der Waals surface area contributed by atoms with Gasteiger partial charge in [0.05, 0.1) is 18.6 Å². The van der Waals surface area contributed by atoms with E-state index in [1.54, 1.807) is 13.0 Å². The van der Waals surface area contributed by atoms with Crippen LogP contribution in [0.15, 0.2) is 23.0 Å². The molecule has 1 atom stereocenters. The summed E-state index contributed by atoms with van der Waals surface area (Å²) in [6.45, 7) is 2.00. The molecule has 8 nitrogen and oxygen atoms in total. The lowest BCUT2D eigenvalue weighted by atomic mass is 9.84. The highest BCUT2D eigenvalue weighted by molar-refractivity contribution is 5.90. The van der Waals surface area contributed by atoms with Crippen LogP contribution in [0.3, 0.4) is 0 Å². The Balaban J connectivity index is 1.68. The Labute approximate surface area is 176 Å². The molecule has 1 aliphatic rings. The molecule has 2 heterocycles. The Kier molecular flexibility index (Phi) is 7.93. The van der Waals surface area contributed by atoms with E-state index in [9.17, 15) is 14.7 Å². The van der Waals surface area contributed by atoms with Gasteiger partial charge in [0.15, 0.2) is 0 Å². The van der Waals surface area contributed by atoms with Gasteiger partial charge in [0.2, 0.25) is 11.7 Å². The summed E-state index contributed by atoms with van der Waals surface area (Å²) in [5.74, 6) is -0.331. The zero-order valence-corrected chi connectivity index (χ0v) is 17.4. The van der Waals surface area contributed by atoms with Crippen molar-refractivity contribution >= 4 is 11.9 Å². The third-order valence-electron chi connectivity index (χ3n) is 5.61. The molecule has 0 amide bonds. The highest BCUT2D eigenvalue weighted by Crippen LogP contribution is 2.31. The predicted octanol–water partition coefficient (Wildman–Crippen LogP) is 4.62. The summed E-state index contributed by atoms with van der Waals surface area (Å²) in [6.07, 6.45) is 12.1. The molecule has 8 heteroatoms. The van der Waals surface area contributed by atoms with Gasteiger partial charge in [-0.15, -0.1) is 0 Å². The molecule has 1 saturated carbocycles. The minimum absolute atomic E-state index is 0.0482. The van der Waals surface area contributed by atoms with Crippen LogP contribution in [0.5, 0.6) is 0 Å². The SMILES string of the molecule is CCOC(=O)c1cncc(-c2noc([C@H](CCCC3CCCCC3)CC(=O)O)n2)c1. The summed E-state index contributed by atoms with van der Waals surface area (Å²) in [5, 5.41) is 13.3. The Morgan fingerprint density at radius 3 is 2.80 bits per heavy atom. The molecule has 0 spiro atoms. The second-order valence-electron chi connectivity index (χ2n) is 7.87. The summed E-state index contributed by atoms with van der Waals surface area (Å²) < 4.78 is 10.4. The first-order valence-electron chi connectivity index (χ1n) is 10.7. The number of aliphatic carboxylic acids is 1. The summed E-state index contributed by atoms with van der Waals surface area (Å²) in [7, 11) is 0. The number of ether oxygens (including phenoxy) is 1. The van der Waals surface area contributed by atoms with Gasteiger partial charge >= 0.3 is 11.9 Å². The summed E-state index contributed by atoms with van der Waals surface area (Å²) in [5.41, 5.74) is 0.821. The van der Waals surface area contributed by atoms with Crippen LogP contribution in [0.1, 0.15) is 86.9 Å². The molecule has 1 fully saturated rings. The number of pyridine rings is 1. The van der Waals surface area contributed by atoms with Crippen molar-refractivity contribution in [3.05, 3.63) is 29.9 Å². The first-order chi connectivity index (χ1) is 14.6. The second-order valence-corrected chi connectivity index (χ2v) is 7.87. The number of hydrogen-bond donors (Lipinski definition) is 1. The third-order valence-corrected chi connectivity index (χ3v) is 5.61. The van der Waals surface area contributed by atoms with Crippen LogP contribution in [0, 0.1) is 5.92 Å². The standard InChI is InChI=1S/C22H29N3O5/c1-2-29-22(28)18-11-17(13-23-14-18)20-24-21(30-25-20)16(12-19(26)27)10-6-9-15-7-4-3-5-8-15/h11,13-16H,2-10,12H2,1H3,(H,26,27)/t16-/m1/s1. The van der Waals surface area contributed by atoms with Crippen molar-refractivity contribution in [3.63, 3.8) is 0 Å². The fraction of sp³-hybridized carbons (Fsp3) is 0.591. The highest BCUT2D eigenvalue weighted by Gasteiger charge is 2.24.